The topological polar surface area (TPSA) is 87.0 Å². The minimum atomic E-state index is -0.389. The van der Waals surface area contributed by atoms with E-state index in [1.54, 1.807) is 6.07 Å². The number of nitrogens with two attached hydrogens (primary N) is 1. The first-order chi connectivity index (χ1) is 7.15. The Balaban J connectivity index is 2.24. The van der Waals surface area contributed by atoms with Crippen LogP contribution in [0.5, 0.6) is 0 Å². The van der Waals surface area contributed by atoms with Crippen LogP contribution in [-0.2, 0) is 0 Å². The maximum Gasteiger partial charge on any atom is 0.347 e. The Morgan fingerprint density at radius 2 is 2.47 bits per heavy atom. The molecular formula is C9H15N5O. The van der Waals surface area contributed by atoms with Crippen LogP contribution in [0.3, 0.4) is 0 Å². The van der Waals surface area contributed by atoms with Crippen molar-refractivity contribution in [2.45, 2.75) is 6.04 Å². The SMILES string of the molecule is CN1CCNC(c2cc(N)nc(=O)[nH]2)C1. The second-order valence-corrected chi connectivity index (χ2v) is 3.84. The number of H-pyrrole nitrogens is 1. The van der Waals surface area contributed by atoms with Crippen molar-refractivity contribution in [3.05, 3.63) is 22.2 Å². The van der Waals surface area contributed by atoms with Gasteiger partial charge in [0.2, 0.25) is 0 Å². The van der Waals surface area contributed by atoms with E-state index in [9.17, 15) is 4.79 Å². The number of nitrogen functional groups attached to an aromatic ring is 1. The second-order valence-electron chi connectivity index (χ2n) is 3.84. The van der Waals surface area contributed by atoms with Crippen LogP contribution in [0, 0.1) is 0 Å². The molecule has 2 heterocycles. The summed E-state index contributed by atoms with van der Waals surface area (Å²) in [6.07, 6.45) is 0. The van der Waals surface area contributed by atoms with E-state index in [4.69, 9.17) is 5.73 Å². The molecule has 1 fully saturated rings. The first-order valence-corrected chi connectivity index (χ1v) is 4.94. The number of aromatic amines is 1. The van der Waals surface area contributed by atoms with E-state index in [1.165, 1.54) is 0 Å². The number of hydrogen-bond acceptors (Lipinski definition) is 5. The van der Waals surface area contributed by atoms with Crippen LogP contribution in [0.4, 0.5) is 5.82 Å². The average Bonchev–Trinajstić information content (AvgIpc) is 2.16. The molecule has 4 N–H and O–H groups in total. The lowest BCUT2D eigenvalue weighted by molar-refractivity contribution is 0.238. The summed E-state index contributed by atoms with van der Waals surface area (Å²) in [6, 6.07) is 1.83. The van der Waals surface area contributed by atoms with Gasteiger partial charge in [0.05, 0.1) is 6.04 Å². The van der Waals surface area contributed by atoms with Gasteiger partial charge in [-0.05, 0) is 7.05 Å². The normalized spacial score (nSPS) is 22.9. The molecule has 1 atom stereocenters. The van der Waals surface area contributed by atoms with E-state index in [0.29, 0.717) is 0 Å². The van der Waals surface area contributed by atoms with E-state index in [0.717, 1.165) is 25.3 Å². The lowest BCUT2D eigenvalue weighted by Gasteiger charge is -2.30. The maximum atomic E-state index is 11.1. The third kappa shape index (κ3) is 2.34. The maximum absolute atomic E-state index is 11.1. The first-order valence-electron chi connectivity index (χ1n) is 4.94. The molecule has 0 saturated carbocycles. The lowest BCUT2D eigenvalue weighted by atomic mass is 10.1. The summed E-state index contributed by atoms with van der Waals surface area (Å²) in [5, 5.41) is 3.33. The van der Waals surface area contributed by atoms with E-state index in [-0.39, 0.29) is 17.5 Å². The average molecular weight is 209 g/mol. The monoisotopic (exact) mass is 209 g/mol. The van der Waals surface area contributed by atoms with Gasteiger partial charge in [0, 0.05) is 31.4 Å². The smallest absolute Gasteiger partial charge is 0.347 e. The molecule has 15 heavy (non-hydrogen) atoms. The summed E-state index contributed by atoms with van der Waals surface area (Å²) in [4.78, 5) is 19.6. The van der Waals surface area contributed by atoms with Crippen molar-refractivity contribution in [2.75, 3.05) is 32.4 Å². The van der Waals surface area contributed by atoms with Crippen molar-refractivity contribution >= 4 is 5.82 Å². The van der Waals surface area contributed by atoms with Gasteiger partial charge >= 0.3 is 5.69 Å². The molecule has 1 unspecified atom stereocenters. The van der Waals surface area contributed by atoms with E-state index >= 15 is 0 Å². The Morgan fingerprint density at radius 1 is 1.67 bits per heavy atom. The number of nitrogens with zero attached hydrogens (tertiary/aromatic N) is 2. The molecule has 2 rings (SSSR count). The van der Waals surface area contributed by atoms with Gasteiger partial charge in [-0.1, -0.05) is 0 Å². The highest BCUT2D eigenvalue weighted by molar-refractivity contribution is 5.29. The molecule has 82 valence electrons. The van der Waals surface area contributed by atoms with Crippen molar-refractivity contribution in [2.24, 2.45) is 0 Å². The third-order valence-corrected chi connectivity index (χ3v) is 2.54. The number of piperazine rings is 1. The zero-order valence-electron chi connectivity index (χ0n) is 8.66. The van der Waals surface area contributed by atoms with Gasteiger partial charge < -0.3 is 20.9 Å². The first kappa shape index (κ1) is 10.1. The molecule has 0 bridgehead atoms. The molecule has 1 aliphatic heterocycles. The summed E-state index contributed by atoms with van der Waals surface area (Å²) >= 11 is 0. The van der Waals surface area contributed by atoms with Crippen molar-refractivity contribution in [1.29, 1.82) is 0 Å². The summed E-state index contributed by atoms with van der Waals surface area (Å²) in [5.74, 6) is 0.267. The van der Waals surface area contributed by atoms with Crippen LogP contribution in [0.1, 0.15) is 11.7 Å². The number of likely N-dealkylation sites (N-methyl/N-ethyl adjacent to an activating group) is 1. The van der Waals surface area contributed by atoms with Gasteiger partial charge in [0.15, 0.2) is 0 Å². The van der Waals surface area contributed by atoms with Crippen LogP contribution in [0.25, 0.3) is 0 Å². The molecule has 0 radical (unpaired) electrons. The molecule has 0 amide bonds. The van der Waals surface area contributed by atoms with Crippen molar-refractivity contribution in [3.8, 4) is 0 Å². The second kappa shape index (κ2) is 4.00. The van der Waals surface area contributed by atoms with Crippen LogP contribution < -0.4 is 16.7 Å². The molecule has 1 aliphatic rings. The fourth-order valence-electron chi connectivity index (χ4n) is 1.79. The molecule has 0 spiro atoms. The zero-order chi connectivity index (χ0) is 10.8. The van der Waals surface area contributed by atoms with Gasteiger partial charge in [-0.3, -0.25) is 0 Å². The standard InChI is InChI=1S/C9H15N5O/c1-14-3-2-11-7(5-14)6-4-8(10)13-9(15)12-6/h4,7,11H,2-3,5H2,1H3,(H3,10,12,13,15). The summed E-state index contributed by atoms with van der Waals surface area (Å²) in [6.45, 7) is 2.78. The van der Waals surface area contributed by atoms with Crippen molar-refractivity contribution in [1.82, 2.24) is 20.2 Å². The van der Waals surface area contributed by atoms with Crippen LogP contribution in [-0.4, -0.2) is 41.5 Å². The van der Waals surface area contributed by atoms with Crippen LogP contribution >= 0.6 is 0 Å². The fraction of sp³-hybridized carbons (Fsp3) is 0.556. The summed E-state index contributed by atoms with van der Waals surface area (Å²) < 4.78 is 0. The van der Waals surface area contributed by atoms with E-state index < -0.39 is 0 Å². The number of aromatic nitrogens is 2. The Morgan fingerprint density at radius 3 is 3.13 bits per heavy atom. The largest absolute Gasteiger partial charge is 0.383 e. The number of nitrogens with one attached hydrogen (secondary N) is 2. The number of hydrogen-bond donors (Lipinski definition) is 3. The molecule has 1 aromatic heterocycles. The molecule has 6 heteroatoms. The zero-order valence-corrected chi connectivity index (χ0v) is 8.66. The number of anilines is 1. The van der Waals surface area contributed by atoms with E-state index in [2.05, 4.69) is 27.2 Å². The van der Waals surface area contributed by atoms with Crippen molar-refractivity contribution in [3.63, 3.8) is 0 Å². The molecule has 1 saturated heterocycles. The Kier molecular flexibility index (Phi) is 2.70. The van der Waals surface area contributed by atoms with Crippen LogP contribution in [0.15, 0.2) is 10.9 Å². The predicted octanol–water partition coefficient (Wildman–Crippen LogP) is -1.07. The van der Waals surface area contributed by atoms with Crippen molar-refractivity contribution < 1.29 is 0 Å². The predicted molar refractivity (Wildman–Crippen MR) is 57.5 cm³/mol. The lowest BCUT2D eigenvalue weighted by Crippen LogP contribution is -2.44. The number of rotatable bonds is 1. The van der Waals surface area contributed by atoms with Gasteiger partial charge in [-0.15, -0.1) is 0 Å². The van der Waals surface area contributed by atoms with Gasteiger partial charge in [0.25, 0.3) is 0 Å². The highest BCUT2D eigenvalue weighted by Gasteiger charge is 2.19. The molecule has 0 aromatic carbocycles. The Bertz CT molecular complexity index is 402. The van der Waals surface area contributed by atoms with Gasteiger partial charge in [-0.2, -0.15) is 4.98 Å². The fourth-order valence-corrected chi connectivity index (χ4v) is 1.79. The van der Waals surface area contributed by atoms with Gasteiger partial charge in [-0.25, -0.2) is 4.79 Å². The third-order valence-electron chi connectivity index (χ3n) is 2.54. The minimum absolute atomic E-state index is 0.127. The Hall–Kier alpha value is -1.40. The highest BCUT2D eigenvalue weighted by Crippen LogP contribution is 2.13. The van der Waals surface area contributed by atoms with Gasteiger partial charge in [0.1, 0.15) is 5.82 Å². The van der Waals surface area contributed by atoms with E-state index in [1.807, 2.05) is 0 Å². The molecular weight excluding hydrogens is 194 g/mol. The van der Waals surface area contributed by atoms with Crippen LogP contribution in [0.2, 0.25) is 0 Å². The quantitative estimate of drug-likeness (QED) is 0.548. The summed E-state index contributed by atoms with van der Waals surface area (Å²) in [5.41, 5.74) is 5.94. The molecule has 6 nitrogen and oxygen atoms in total. The summed E-state index contributed by atoms with van der Waals surface area (Å²) in [7, 11) is 2.05. The highest BCUT2D eigenvalue weighted by atomic mass is 16.1. The molecule has 1 aromatic rings. The molecule has 0 aliphatic carbocycles. The Labute approximate surface area is 87.5 Å². The minimum Gasteiger partial charge on any atom is -0.383 e.